The fourth-order valence-electron chi connectivity index (χ4n) is 5.59. The lowest BCUT2D eigenvalue weighted by molar-refractivity contribution is -0.164. The summed E-state index contributed by atoms with van der Waals surface area (Å²) < 4.78 is 0. The predicted octanol–water partition coefficient (Wildman–Crippen LogP) is 4.74. The predicted molar refractivity (Wildman–Crippen MR) is 93.7 cm³/mol. The highest BCUT2D eigenvalue weighted by atomic mass is 16.4. The molecule has 0 unspecified atom stereocenters. The molecule has 0 aliphatic heterocycles. The molecule has 0 aromatic heterocycles. The highest BCUT2D eigenvalue weighted by Gasteiger charge is 2.57. The molecule has 0 aromatic rings. The van der Waals surface area contributed by atoms with Gasteiger partial charge in [0, 0.05) is 6.42 Å². The van der Waals surface area contributed by atoms with Crippen molar-refractivity contribution in [1.82, 2.24) is 0 Å². The summed E-state index contributed by atoms with van der Waals surface area (Å²) in [5, 5.41) is 18.8. The second-order valence-electron chi connectivity index (χ2n) is 8.66. The van der Waals surface area contributed by atoms with Crippen LogP contribution in [0.4, 0.5) is 0 Å². The Balaban J connectivity index is 2.19. The maximum absolute atomic E-state index is 12.0. The first-order chi connectivity index (χ1) is 11.1. The Hall–Kier alpha value is -1.32. The molecule has 2 saturated carbocycles. The van der Waals surface area contributed by atoms with Gasteiger partial charge in [-0.3, -0.25) is 9.59 Å². The van der Waals surface area contributed by atoms with E-state index in [0.29, 0.717) is 5.92 Å². The van der Waals surface area contributed by atoms with Crippen molar-refractivity contribution in [2.45, 2.75) is 72.1 Å². The van der Waals surface area contributed by atoms with Gasteiger partial charge in [0.05, 0.1) is 5.41 Å². The van der Waals surface area contributed by atoms with Gasteiger partial charge in [-0.1, -0.05) is 32.4 Å². The van der Waals surface area contributed by atoms with Gasteiger partial charge in [0.25, 0.3) is 0 Å². The zero-order chi connectivity index (χ0) is 18.1. The molecule has 2 rings (SSSR count). The minimum absolute atomic E-state index is 0.0241. The topological polar surface area (TPSA) is 74.6 Å². The summed E-state index contributed by atoms with van der Waals surface area (Å²) in [6.45, 7) is 10.5. The van der Waals surface area contributed by atoms with Crippen molar-refractivity contribution >= 4 is 11.9 Å². The summed E-state index contributed by atoms with van der Waals surface area (Å²) in [5.74, 6) is -0.768. The van der Waals surface area contributed by atoms with Crippen LogP contribution in [0.3, 0.4) is 0 Å². The lowest BCUT2D eigenvalue weighted by atomic mass is 9.46. The zero-order valence-corrected chi connectivity index (χ0v) is 15.3. The third-order valence-corrected chi connectivity index (χ3v) is 6.98. The number of carbonyl (C=O) groups is 2. The smallest absolute Gasteiger partial charge is 0.309 e. The molecular formula is C20H32O4. The Morgan fingerprint density at radius 1 is 1.29 bits per heavy atom. The molecule has 2 N–H and O–H groups in total. The molecule has 24 heavy (non-hydrogen) atoms. The Kier molecular flexibility index (Phi) is 5.46. The number of carboxylic acid groups (broad SMARTS) is 2. The molecule has 0 saturated heterocycles. The Bertz CT molecular complexity index is 526. The normalized spacial score (nSPS) is 37.5. The van der Waals surface area contributed by atoms with Crippen molar-refractivity contribution in [2.75, 3.05) is 0 Å². The van der Waals surface area contributed by atoms with Crippen LogP contribution in [0.1, 0.15) is 72.1 Å². The van der Waals surface area contributed by atoms with Gasteiger partial charge in [-0.25, -0.2) is 0 Å². The van der Waals surface area contributed by atoms with E-state index in [9.17, 15) is 14.7 Å². The number of hydrogen-bond acceptors (Lipinski definition) is 2. The molecule has 0 heterocycles. The Morgan fingerprint density at radius 2 is 1.96 bits per heavy atom. The third kappa shape index (κ3) is 3.38. The molecule has 0 radical (unpaired) electrons. The number of hydrogen-bond donors (Lipinski definition) is 2. The monoisotopic (exact) mass is 336 g/mol. The van der Waals surface area contributed by atoms with Crippen LogP contribution in [0.5, 0.6) is 0 Å². The summed E-state index contributed by atoms with van der Waals surface area (Å²) >= 11 is 0. The van der Waals surface area contributed by atoms with E-state index in [-0.39, 0.29) is 23.7 Å². The summed E-state index contributed by atoms with van der Waals surface area (Å²) in [7, 11) is 0. The van der Waals surface area contributed by atoms with E-state index in [1.165, 1.54) is 5.57 Å². The van der Waals surface area contributed by atoms with Crippen LogP contribution in [0.2, 0.25) is 0 Å². The lowest BCUT2D eigenvalue weighted by Crippen LogP contribution is -2.53. The van der Waals surface area contributed by atoms with Gasteiger partial charge in [-0.15, -0.1) is 0 Å². The van der Waals surface area contributed by atoms with Crippen LogP contribution >= 0.6 is 0 Å². The van der Waals surface area contributed by atoms with Crippen molar-refractivity contribution in [1.29, 1.82) is 0 Å². The fraction of sp³-hybridized carbons (Fsp3) is 0.800. The minimum Gasteiger partial charge on any atom is -0.481 e. The number of carboxylic acids is 2. The quantitative estimate of drug-likeness (QED) is 0.687. The van der Waals surface area contributed by atoms with Crippen molar-refractivity contribution in [2.24, 2.45) is 28.6 Å². The molecule has 4 nitrogen and oxygen atoms in total. The molecule has 0 amide bonds. The number of fused-ring (bicyclic) bond motifs is 1. The van der Waals surface area contributed by atoms with E-state index >= 15 is 0 Å². The molecular weight excluding hydrogens is 304 g/mol. The van der Waals surface area contributed by atoms with Crippen molar-refractivity contribution in [3.63, 3.8) is 0 Å². The fourth-order valence-corrected chi connectivity index (χ4v) is 5.59. The first-order valence-electron chi connectivity index (χ1n) is 9.24. The van der Waals surface area contributed by atoms with Gasteiger partial charge in [0.2, 0.25) is 0 Å². The zero-order valence-electron chi connectivity index (χ0n) is 15.3. The molecule has 0 spiro atoms. The average Bonchev–Trinajstić information content (AvgIpc) is 2.45. The first-order valence-corrected chi connectivity index (χ1v) is 9.24. The largest absolute Gasteiger partial charge is 0.481 e. The molecule has 136 valence electrons. The average molecular weight is 336 g/mol. The molecule has 4 heteroatoms. The van der Waals surface area contributed by atoms with Crippen molar-refractivity contribution < 1.29 is 19.8 Å². The van der Waals surface area contributed by atoms with E-state index in [2.05, 4.69) is 13.5 Å². The molecule has 5 atom stereocenters. The van der Waals surface area contributed by atoms with Crippen LogP contribution in [-0.4, -0.2) is 22.2 Å². The Morgan fingerprint density at radius 3 is 2.54 bits per heavy atom. The number of rotatable bonds is 6. The number of allylic oxidation sites excluding steroid dienone is 1. The van der Waals surface area contributed by atoms with Crippen molar-refractivity contribution in [3.05, 3.63) is 12.2 Å². The number of aliphatic carboxylic acids is 2. The second-order valence-corrected chi connectivity index (χ2v) is 8.66. The van der Waals surface area contributed by atoms with Crippen molar-refractivity contribution in [3.8, 4) is 0 Å². The lowest BCUT2D eigenvalue weighted by Gasteiger charge is -2.57. The molecule has 2 aliphatic carbocycles. The van der Waals surface area contributed by atoms with E-state index in [1.54, 1.807) is 0 Å². The highest BCUT2D eigenvalue weighted by molar-refractivity contribution is 5.75. The maximum atomic E-state index is 12.0. The molecule has 2 aliphatic rings. The summed E-state index contributed by atoms with van der Waals surface area (Å²) in [5.41, 5.74) is 0.577. The van der Waals surface area contributed by atoms with Crippen LogP contribution in [-0.2, 0) is 9.59 Å². The van der Waals surface area contributed by atoms with Crippen LogP contribution in [0.25, 0.3) is 0 Å². The Labute approximate surface area is 145 Å². The first kappa shape index (κ1) is 19.0. The van der Waals surface area contributed by atoms with E-state index in [4.69, 9.17) is 5.11 Å². The van der Waals surface area contributed by atoms with Crippen LogP contribution < -0.4 is 0 Å². The maximum Gasteiger partial charge on any atom is 0.309 e. The third-order valence-electron chi connectivity index (χ3n) is 6.98. The minimum atomic E-state index is -0.745. The van der Waals surface area contributed by atoms with E-state index in [1.807, 2.05) is 13.8 Å². The van der Waals surface area contributed by atoms with Gasteiger partial charge in [-0.05, 0) is 68.6 Å². The summed E-state index contributed by atoms with van der Waals surface area (Å²) in [6, 6.07) is 0. The molecule has 0 bridgehead atoms. The SMILES string of the molecule is C=C1CC[C@H]2[C@](C)(CCC[C@@]2(C)C(=O)O)[C@@H]1CC[C@H](C)CC(=O)O. The van der Waals surface area contributed by atoms with Gasteiger partial charge in [0.1, 0.15) is 0 Å². The van der Waals surface area contributed by atoms with Crippen LogP contribution in [0.15, 0.2) is 12.2 Å². The molecule has 0 aromatic carbocycles. The summed E-state index contributed by atoms with van der Waals surface area (Å²) in [6.07, 6.45) is 6.57. The van der Waals surface area contributed by atoms with E-state index < -0.39 is 17.4 Å². The van der Waals surface area contributed by atoms with E-state index in [0.717, 1.165) is 44.9 Å². The highest BCUT2D eigenvalue weighted by Crippen LogP contribution is 2.62. The second kappa shape index (κ2) is 6.89. The van der Waals surface area contributed by atoms with Gasteiger partial charge < -0.3 is 10.2 Å². The van der Waals surface area contributed by atoms with Gasteiger partial charge in [0.15, 0.2) is 0 Å². The summed E-state index contributed by atoms with van der Waals surface area (Å²) in [4.78, 5) is 22.9. The van der Waals surface area contributed by atoms with Crippen LogP contribution in [0, 0.1) is 28.6 Å². The molecule has 2 fully saturated rings. The van der Waals surface area contributed by atoms with Gasteiger partial charge in [-0.2, -0.15) is 0 Å². The van der Waals surface area contributed by atoms with Gasteiger partial charge >= 0.3 is 11.9 Å². The standard InChI is InChI=1S/C20H32O4/c1-13(12-17(21)22)6-8-15-14(2)7-9-16-19(15,3)10-5-11-20(16,4)18(23)24/h13,15-16H,2,5-12H2,1,3-4H3,(H,21,22)(H,23,24)/t13-,15+,16-,19+,20+/m0/s1.